The minimum absolute atomic E-state index is 0.0333. The number of phenols is 1. The SMILES string of the molecule is C#COc1ccc(C(=O)Oc2ccc(Oc3ccc(C(C)(C)c4ccc(Oc5ccc(OOCc6ccc(OCCOc7ccccc7)cc6C(=O)O)cc5)cc4)cc3)cc2)c(C(=O)O)c1.Oc1ccccc1. The molecule has 0 spiro atoms. The van der Waals surface area contributed by atoms with Crippen LogP contribution < -0.4 is 33.3 Å². The molecule has 73 heavy (non-hydrogen) atoms. The lowest BCUT2D eigenvalue weighted by Gasteiger charge is -2.26. The van der Waals surface area contributed by atoms with E-state index in [1.807, 2.05) is 91.0 Å². The van der Waals surface area contributed by atoms with E-state index in [-0.39, 0.29) is 46.8 Å². The predicted molar refractivity (Wildman–Crippen MR) is 270 cm³/mol. The van der Waals surface area contributed by atoms with Gasteiger partial charge in [0.25, 0.3) is 0 Å². The Hall–Kier alpha value is -9.71. The molecule has 0 fully saturated rings. The third-order valence-corrected chi connectivity index (χ3v) is 10.9. The van der Waals surface area contributed by atoms with Gasteiger partial charge in [-0.1, -0.05) is 87.0 Å². The van der Waals surface area contributed by atoms with E-state index >= 15 is 0 Å². The maximum Gasteiger partial charge on any atom is 0.344 e. The van der Waals surface area contributed by atoms with Gasteiger partial charge in [0.05, 0.1) is 16.7 Å². The van der Waals surface area contributed by atoms with Crippen LogP contribution in [0.2, 0.25) is 0 Å². The molecule has 8 aromatic carbocycles. The van der Waals surface area contributed by atoms with Crippen molar-refractivity contribution in [2.24, 2.45) is 0 Å². The largest absolute Gasteiger partial charge is 0.508 e. The summed E-state index contributed by atoms with van der Waals surface area (Å²) in [7, 11) is 0. The first kappa shape index (κ1) is 51.1. The van der Waals surface area contributed by atoms with Gasteiger partial charge in [0.2, 0.25) is 0 Å². The number of para-hydroxylation sites is 2. The van der Waals surface area contributed by atoms with Crippen molar-refractivity contribution in [2.45, 2.75) is 25.9 Å². The number of carbonyl (C=O) groups is 3. The van der Waals surface area contributed by atoms with Gasteiger partial charge in [-0.2, -0.15) is 4.89 Å². The summed E-state index contributed by atoms with van der Waals surface area (Å²) in [5, 5.41) is 28.0. The normalized spacial score (nSPS) is 10.6. The topological polar surface area (TPSA) is 186 Å². The van der Waals surface area contributed by atoms with E-state index in [1.54, 1.807) is 84.9 Å². The van der Waals surface area contributed by atoms with Gasteiger partial charge < -0.3 is 48.6 Å². The van der Waals surface area contributed by atoms with Gasteiger partial charge in [-0.3, -0.25) is 0 Å². The van der Waals surface area contributed by atoms with E-state index in [0.717, 1.165) is 22.9 Å². The molecule has 0 radical (unpaired) electrons. The standard InChI is InChI=1S/C53H42O13.C6H6O/c1-4-59-45-28-29-47(49(33-45)51(56)57)52(58)65-43-22-20-41(21-23-43)63-39-16-11-36(12-17-39)53(2,3)37-13-18-40(19-14-37)64-42-24-26-44(27-25-42)66-62-34-35-10-15-46(32-48(35)50(54)55)61-31-30-60-38-8-6-5-7-9-38;7-6-4-2-1-3-5-6/h1,5-29,32-33H,30-31,34H2,2-3H3,(H,54,55)(H,56,57);1-5,7H. The van der Waals surface area contributed by atoms with E-state index in [9.17, 15) is 24.6 Å². The van der Waals surface area contributed by atoms with Crippen molar-refractivity contribution in [2.75, 3.05) is 13.2 Å². The zero-order chi connectivity index (χ0) is 51.6. The molecule has 8 rings (SSSR count). The minimum Gasteiger partial charge on any atom is -0.508 e. The fraction of sp³-hybridized carbons (Fsp3) is 0.102. The molecule has 14 nitrogen and oxygen atoms in total. The highest BCUT2D eigenvalue weighted by Crippen LogP contribution is 2.35. The Bertz CT molecular complexity index is 3130. The maximum atomic E-state index is 12.8. The van der Waals surface area contributed by atoms with Crippen molar-refractivity contribution in [1.29, 1.82) is 0 Å². The number of rotatable bonds is 20. The van der Waals surface area contributed by atoms with E-state index in [0.29, 0.717) is 52.4 Å². The third kappa shape index (κ3) is 14.7. The summed E-state index contributed by atoms with van der Waals surface area (Å²) < 4.78 is 33.7. The number of aromatic hydroxyl groups is 1. The molecule has 0 aliphatic rings. The Morgan fingerprint density at radius 3 is 1.45 bits per heavy atom. The van der Waals surface area contributed by atoms with Crippen molar-refractivity contribution in [3.63, 3.8) is 0 Å². The lowest BCUT2D eigenvalue weighted by atomic mass is 9.78. The third-order valence-electron chi connectivity index (χ3n) is 10.9. The molecule has 8 aromatic rings. The molecule has 0 saturated heterocycles. The number of terminal acetylenes is 1. The van der Waals surface area contributed by atoms with Crippen LogP contribution in [-0.4, -0.2) is 46.4 Å². The van der Waals surface area contributed by atoms with Crippen LogP contribution in [0.4, 0.5) is 0 Å². The number of benzene rings is 8. The number of hydrogen-bond donors (Lipinski definition) is 3. The van der Waals surface area contributed by atoms with Crippen LogP contribution in [0.15, 0.2) is 194 Å². The lowest BCUT2D eigenvalue weighted by Crippen LogP contribution is -2.18. The summed E-state index contributed by atoms with van der Waals surface area (Å²) in [6.45, 7) is 4.67. The van der Waals surface area contributed by atoms with Gasteiger partial charge in [0, 0.05) is 5.41 Å². The smallest absolute Gasteiger partial charge is 0.344 e. The molecule has 0 bridgehead atoms. The van der Waals surface area contributed by atoms with E-state index < -0.39 is 17.9 Å². The second kappa shape index (κ2) is 24.7. The van der Waals surface area contributed by atoms with Crippen LogP contribution in [0.25, 0.3) is 0 Å². The molecule has 0 aromatic heterocycles. The predicted octanol–water partition coefficient (Wildman–Crippen LogP) is 12.5. The molecule has 0 aliphatic carbocycles. The monoisotopic (exact) mass is 980 g/mol. The van der Waals surface area contributed by atoms with Gasteiger partial charge in [0.1, 0.15) is 77.7 Å². The number of carbonyl (C=O) groups excluding carboxylic acids is 1. The fourth-order valence-electron chi connectivity index (χ4n) is 7.02. The number of hydrogen-bond acceptors (Lipinski definition) is 12. The minimum atomic E-state index is -1.34. The maximum absolute atomic E-state index is 12.8. The molecule has 0 amide bonds. The first-order valence-electron chi connectivity index (χ1n) is 22.5. The molecule has 0 aliphatic heterocycles. The summed E-state index contributed by atoms with van der Waals surface area (Å²) in [4.78, 5) is 47.3. The fourth-order valence-corrected chi connectivity index (χ4v) is 7.02. The molecule has 0 atom stereocenters. The second-order valence-corrected chi connectivity index (χ2v) is 16.3. The second-order valence-electron chi connectivity index (χ2n) is 16.3. The Morgan fingerprint density at radius 2 is 0.945 bits per heavy atom. The van der Waals surface area contributed by atoms with Crippen LogP contribution in [0, 0.1) is 12.5 Å². The molecular formula is C59H48O14. The highest BCUT2D eigenvalue weighted by atomic mass is 17.2. The number of ether oxygens (including phenoxy) is 6. The van der Waals surface area contributed by atoms with Crippen molar-refractivity contribution >= 4 is 17.9 Å². The first-order valence-corrected chi connectivity index (χ1v) is 22.5. The van der Waals surface area contributed by atoms with E-state index in [2.05, 4.69) is 13.8 Å². The van der Waals surface area contributed by atoms with Crippen molar-refractivity contribution in [3.05, 3.63) is 228 Å². The van der Waals surface area contributed by atoms with Crippen molar-refractivity contribution < 1.29 is 67.9 Å². The van der Waals surface area contributed by atoms with E-state index in [1.165, 1.54) is 18.2 Å². The molecule has 368 valence electrons. The summed E-state index contributed by atoms with van der Waals surface area (Å²) >= 11 is 0. The number of phenolic OH excluding ortho intramolecular Hbond substituents is 1. The molecule has 0 saturated carbocycles. The summed E-state index contributed by atoms with van der Waals surface area (Å²) in [6.07, 6.45) is 7.07. The van der Waals surface area contributed by atoms with Crippen LogP contribution in [0.5, 0.6) is 57.5 Å². The summed E-state index contributed by atoms with van der Waals surface area (Å²) in [5.74, 6) is 1.13. The zero-order valence-corrected chi connectivity index (χ0v) is 39.5. The highest BCUT2D eigenvalue weighted by molar-refractivity contribution is 6.03. The number of carboxylic acid groups (broad SMARTS) is 2. The number of carboxylic acids is 2. The van der Waals surface area contributed by atoms with Crippen LogP contribution in [0.1, 0.15) is 61.6 Å². The molecule has 0 unspecified atom stereocenters. The number of esters is 1. The highest BCUT2D eigenvalue weighted by Gasteiger charge is 2.24. The van der Waals surface area contributed by atoms with Gasteiger partial charge in [-0.15, -0.1) is 0 Å². The van der Waals surface area contributed by atoms with Crippen molar-refractivity contribution in [1.82, 2.24) is 0 Å². The Kier molecular flexibility index (Phi) is 17.3. The number of aromatic carboxylic acids is 2. The van der Waals surface area contributed by atoms with E-state index in [4.69, 9.17) is 49.7 Å². The Labute approximate surface area is 421 Å². The van der Waals surface area contributed by atoms with Crippen molar-refractivity contribution in [3.8, 4) is 70.0 Å². The van der Waals surface area contributed by atoms with Crippen LogP contribution in [0.3, 0.4) is 0 Å². The Morgan fingerprint density at radius 1 is 0.493 bits per heavy atom. The summed E-state index contributed by atoms with van der Waals surface area (Å²) in [5.41, 5.74) is 1.72. The molecular weight excluding hydrogens is 933 g/mol. The van der Waals surface area contributed by atoms with Crippen LogP contribution >= 0.6 is 0 Å². The van der Waals surface area contributed by atoms with Gasteiger partial charge in [-0.05, 0) is 144 Å². The molecule has 0 heterocycles. The van der Waals surface area contributed by atoms with Crippen LogP contribution in [-0.2, 0) is 16.9 Å². The molecule has 3 N–H and O–H groups in total. The average Bonchev–Trinajstić information content (AvgIpc) is 3.40. The summed E-state index contributed by atoms with van der Waals surface area (Å²) in [6, 6.07) is 55.3. The lowest BCUT2D eigenvalue weighted by molar-refractivity contribution is -0.217. The quantitative estimate of drug-likeness (QED) is 0.0163. The zero-order valence-electron chi connectivity index (χ0n) is 39.5. The molecule has 14 heteroatoms. The first-order chi connectivity index (χ1) is 35.3. The van der Waals surface area contributed by atoms with Gasteiger partial charge in [0.15, 0.2) is 5.75 Å². The Balaban J connectivity index is 0.00000103. The van der Waals surface area contributed by atoms with Gasteiger partial charge in [-0.25, -0.2) is 14.4 Å². The average molecular weight is 981 g/mol. The van der Waals surface area contributed by atoms with Gasteiger partial charge >= 0.3 is 17.9 Å².